The molecule has 3 N–H and O–H groups in total. The van der Waals surface area contributed by atoms with Crippen molar-refractivity contribution < 1.29 is 24.5 Å². The third-order valence-electron chi connectivity index (χ3n) is 5.68. The van der Waals surface area contributed by atoms with Gasteiger partial charge in [-0.05, 0) is 54.3 Å². The third-order valence-corrected chi connectivity index (χ3v) is 5.68. The molecule has 0 aliphatic rings. The Morgan fingerprint density at radius 1 is 1.11 bits per heavy atom. The number of amides is 1. The first kappa shape index (κ1) is 23.9. The Kier molecular flexibility index (Phi) is 7.37. The molecule has 1 atom stereocenters. The van der Waals surface area contributed by atoms with Gasteiger partial charge in [0, 0.05) is 31.4 Å². The fraction of sp³-hybridized carbons (Fsp3) is 0.231. The minimum Gasteiger partial charge on any atom is -0.508 e. The number of hydrogen-bond donors (Lipinski definition) is 3. The highest BCUT2D eigenvalue weighted by Crippen LogP contribution is 2.22. The second kappa shape index (κ2) is 10.8. The van der Waals surface area contributed by atoms with Gasteiger partial charge in [0.15, 0.2) is 0 Å². The molecule has 0 bridgehead atoms. The molecule has 9 heteroatoms. The topological polar surface area (TPSA) is 127 Å². The minimum atomic E-state index is -1.13. The van der Waals surface area contributed by atoms with Gasteiger partial charge in [-0.1, -0.05) is 18.2 Å². The van der Waals surface area contributed by atoms with Crippen LogP contribution in [0.4, 0.5) is 0 Å². The largest absolute Gasteiger partial charge is 0.508 e. The number of phenols is 1. The number of fused-ring (bicyclic) bond motifs is 1. The fourth-order valence-electron chi connectivity index (χ4n) is 3.93. The molecule has 35 heavy (non-hydrogen) atoms. The van der Waals surface area contributed by atoms with Crippen molar-refractivity contribution in [2.24, 2.45) is 0 Å². The van der Waals surface area contributed by atoms with Crippen molar-refractivity contribution in [3.8, 4) is 5.75 Å². The summed E-state index contributed by atoms with van der Waals surface area (Å²) in [5.74, 6) is -1.46. The standard InChI is InChI=1S/C26H26N4O5/c1-35-15-19(12-17-2-5-20(31)6-3-17)28-25(32)24-14-22(26(33)34)21-13-18(4-7-23(21)29-24)8-10-30-11-9-27-16-30/h2-7,9,11,13-14,16,19,31H,8,10,12,15H2,1H3,(H,28,32)(H,33,34)/t19-/m0/s1. The predicted molar refractivity (Wildman–Crippen MR) is 130 cm³/mol. The normalized spacial score (nSPS) is 11.9. The molecular formula is C26H26N4O5. The van der Waals surface area contributed by atoms with Crippen molar-refractivity contribution >= 4 is 22.8 Å². The number of imidazole rings is 1. The summed E-state index contributed by atoms with van der Waals surface area (Å²) in [6, 6.07) is 13.1. The van der Waals surface area contributed by atoms with Gasteiger partial charge in [-0.3, -0.25) is 4.79 Å². The zero-order chi connectivity index (χ0) is 24.8. The monoisotopic (exact) mass is 474 g/mol. The molecule has 0 saturated carbocycles. The number of aromatic carboxylic acids is 1. The van der Waals surface area contributed by atoms with Gasteiger partial charge >= 0.3 is 5.97 Å². The van der Waals surface area contributed by atoms with E-state index in [0.717, 1.165) is 11.1 Å². The van der Waals surface area contributed by atoms with Crippen molar-refractivity contribution in [1.82, 2.24) is 19.9 Å². The SMILES string of the molecule is COC[C@H](Cc1ccc(O)cc1)NC(=O)c1cc(C(=O)O)c2cc(CCn3ccnc3)ccc2n1. The fourth-order valence-corrected chi connectivity index (χ4v) is 3.93. The minimum absolute atomic E-state index is 0.0199. The lowest BCUT2D eigenvalue weighted by Crippen LogP contribution is -2.40. The molecule has 0 fully saturated rings. The van der Waals surface area contributed by atoms with E-state index in [1.54, 1.807) is 42.9 Å². The maximum absolute atomic E-state index is 13.0. The van der Waals surface area contributed by atoms with Crippen LogP contribution in [0.1, 0.15) is 32.0 Å². The van der Waals surface area contributed by atoms with Gasteiger partial charge in [0.25, 0.3) is 5.91 Å². The van der Waals surface area contributed by atoms with E-state index < -0.39 is 11.9 Å². The van der Waals surface area contributed by atoms with Gasteiger partial charge < -0.3 is 24.8 Å². The lowest BCUT2D eigenvalue weighted by molar-refractivity contribution is 0.0699. The number of nitrogens with zero attached hydrogens (tertiary/aromatic N) is 3. The van der Waals surface area contributed by atoms with Crippen LogP contribution in [0.5, 0.6) is 5.75 Å². The van der Waals surface area contributed by atoms with E-state index in [0.29, 0.717) is 30.3 Å². The molecule has 9 nitrogen and oxygen atoms in total. The number of pyridine rings is 1. The first-order chi connectivity index (χ1) is 16.9. The Balaban J connectivity index is 1.56. The number of aromatic hydroxyl groups is 1. The van der Waals surface area contributed by atoms with Crippen LogP contribution in [0.25, 0.3) is 10.9 Å². The second-order valence-electron chi connectivity index (χ2n) is 8.26. The number of phenolic OH excluding ortho intramolecular Hbond substituents is 1. The maximum atomic E-state index is 13.0. The smallest absolute Gasteiger partial charge is 0.336 e. The van der Waals surface area contributed by atoms with Gasteiger partial charge in [0.2, 0.25) is 0 Å². The lowest BCUT2D eigenvalue weighted by atomic mass is 10.0. The van der Waals surface area contributed by atoms with Crippen LogP contribution in [-0.4, -0.2) is 56.4 Å². The Morgan fingerprint density at radius 3 is 2.57 bits per heavy atom. The molecule has 0 aliphatic heterocycles. The van der Waals surface area contributed by atoms with E-state index in [-0.39, 0.29) is 29.7 Å². The highest BCUT2D eigenvalue weighted by molar-refractivity contribution is 6.06. The van der Waals surface area contributed by atoms with Crippen molar-refractivity contribution in [3.63, 3.8) is 0 Å². The highest BCUT2D eigenvalue weighted by Gasteiger charge is 2.20. The summed E-state index contributed by atoms with van der Waals surface area (Å²) in [6.07, 6.45) is 6.48. The first-order valence-corrected chi connectivity index (χ1v) is 11.1. The molecule has 2 aromatic heterocycles. The molecule has 0 radical (unpaired) electrons. The van der Waals surface area contributed by atoms with Crippen molar-refractivity contribution in [2.45, 2.75) is 25.4 Å². The van der Waals surface area contributed by atoms with E-state index in [1.807, 2.05) is 22.9 Å². The molecule has 4 aromatic rings. The molecule has 0 spiro atoms. The number of carboxylic acid groups (broad SMARTS) is 1. The van der Waals surface area contributed by atoms with Crippen LogP contribution in [0.3, 0.4) is 0 Å². The predicted octanol–water partition coefficient (Wildman–Crippen LogP) is 3.07. The molecule has 0 aliphatic carbocycles. The average molecular weight is 475 g/mol. The van der Waals surface area contributed by atoms with E-state index in [2.05, 4.69) is 15.3 Å². The number of methoxy groups -OCH3 is 1. The number of hydrogen-bond acceptors (Lipinski definition) is 6. The summed E-state index contributed by atoms with van der Waals surface area (Å²) in [6.45, 7) is 0.968. The lowest BCUT2D eigenvalue weighted by Gasteiger charge is -2.18. The molecule has 1 amide bonds. The molecule has 0 saturated heterocycles. The zero-order valence-corrected chi connectivity index (χ0v) is 19.2. The molecule has 180 valence electrons. The quantitative estimate of drug-likeness (QED) is 0.322. The summed E-state index contributed by atoms with van der Waals surface area (Å²) in [7, 11) is 1.54. The molecular weight excluding hydrogens is 448 g/mol. The molecule has 2 aromatic carbocycles. The van der Waals surface area contributed by atoms with Gasteiger partial charge in [-0.15, -0.1) is 0 Å². The van der Waals surface area contributed by atoms with Gasteiger partial charge in [-0.2, -0.15) is 0 Å². The summed E-state index contributed by atoms with van der Waals surface area (Å²) in [5.41, 5.74) is 2.34. The van der Waals surface area contributed by atoms with Crippen molar-refractivity contribution in [3.05, 3.63) is 89.6 Å². The summed E-state index contributed by atoms with van der Waals surface area (Å²) in [4.78, 5) is 33.5. The summed E-state index contributed by atoms with van der Waals surface area (Å²) < 4.78 is 7.19. The molecule has 2 heterocycles. The van der Waals surface area contributed by atoms with Gasteiger partial charge in [0.05, 0.1) is 30.1 Å². The number of aryl methyl sites for hydroxylation is 2. The number of benzene rings is 2. The summed E-state index contributed by atoms with van der Waals surface area (Å²) in [5, 5.41) is 22.7. The number of carbonyl (C=O) groups excluding carboxylic acids is 1. The third kappa shape index (κ3) is 6.01. The number of nitrogens with one attached hydrogen (secondary N) is 1. The van der Waals surface area contributed by atoms with Crippen LogP contribution in [0, 0.1) is 0 Å². The summed E-state index contributed by atoms with van der Waals surface area (Å²) >= 11 is 0. The van der Waals surface area contributed by atoms with Crippen LogP contribution >= 0.6 is 0 Å². The van der Waals surface area contributed by atoms with E-state index in [4.69, 9.17) is 4.74 Å². The van der Waals surface area contributed by atoms with Crippen LogP contribution in [0.15, 0.2) is 67.3 Å². The van der Waals surface area contributed by atoms with E-state index in [1.165, 1.54) is 13.2 Å². The highest BCUT2D eigenvalue weighted by atomic mass is 16.5. The maximum Gasteiger partial charge on any atom is 0.336 e. The van der Waals surface area contributed by atoms with Crippen LogP contribution < -0.4 is 5.32 Å². The number of ether oxygens (including phenoxy) is 1. The van der Waals surface area contributed by atoms with E-state index >= 15 is 0 Å². The zero-order valence-electron chi connectivity index (χ0n) is 19.2. The number of carboxylic acids is 1. The average Bonchev–Trinajstić information content (AvgIpc) is 3.37. The Bertz CT molecular complexity index is 1320. The van der Waals surface area contributed by atoms with Crippen LogP contribution in [-0.2, 0) is 24.1 Å². The second-order valence-corrected chi connectivity index (χ2v) is 8.26. The first-order valence-electron chi connectivity index (χ1n) is 11.1. The van der Waals surface area contributed by atoms with Gasteiger partial charge in [-0.25, -0.2) is 14.8 Å². The molecule has 4 rings (SSSR count). The number of aromatic nitrogens is 3. The Morgan fingerprint density at radius 2 is 1.89 bits per heavy atom. The van der Waals surface area contributed by atoms with Crippen molar-refractivity contribution in [1.29, 1.82) is 0 Å². The molecule has 0 unspecified atom stereocenters. The van der Waals surface area contributed by atoms with Crippen molar-refractivity contribution in [2.75, 3.05) is 13.7 Å². The number of rotatable bonds is 10. The van der Waals surface area contributed by atoms with E-state index in [9.17, 15) is 19.8 Å². The Hall–Kier alpha value is -4.24. The Labute approximate surface area is 202 Å². The van der Waals surface area contributed by atoms with Gasteiger partial charge in [0.1, 0.15) is 11.4 Å². The number of carbonyl (C=O) groups is 2. The van der Waals surface area contributed by atoms with Crippen LogP contribution in [0.2, 0.25) is 0 Å².